The molecule has 0 spiro atoms. The van der Waals surface area contributed by atoms with Crippen molar-refractivity contribution in [3.05, 3.63) is 57.8 Å². The number of rotatable bonds is 2. The molecule has 0 bridgehead atoms. The number of thiophene rings is 2. The molecule has 3 rings (SSSR count). The Morgan fingerprint density at radius 1 is 1.12 bits per heavy atom. The van der Waals surface area contributed by atoms with E-state index in [-0.39, 0.29) is 0 Å². The first-order valence-electron chi connectivity index (χ1n) is 5.46. The molecule has 17 heavy (non-hydrogen) atoms. The van der Waals surface area contributed by atoms with Gasteiger partial charge in [0.25, 0.3) is 0 Å². The summed E-state index contributed by atoms with van der Waals surface area (Å²) in [6.45, 7) is 2.04. The first kappa shape index (κ1) is 11.0. The topological polar surface area (TPSA) is 20.2 Å². The molecule has 1 atom stereocenters. The van der Waals surface area contributed by atoms with Crippen molar-refractivity contribution in [2.45, 2.75) is 13.0 Å². The Balaban J connectivity index is 2.04. The smallest absolute Gasteiger partial charge is 0.114 e. The van der Waals surface area contributed by atoms with Gasteiger partial charge in [0.15, 0.2) is 0 Å². The highest BCUT2D eigenvalue weighted by Gasteiger charge is 2.15. The second kappa shape index (κ2) is 4.26. The SMILES string of the molecule is Cc1ccccc1C(O)c1cc2sccc2s1. The van der Waals surface area contributed by atoms with Gasteiger partial charge in [0, 0.05) is 14.3 Å². The molecule has 0 saturated carbocycles. The van der Waals surface area contributed by atoms with E-state index in [2.05, 4.69) is 17.5 Å². The Kier molecular flexibility index (Phi) is 2.74. The largest absolute Gasteiger partial charge is 0.383 e. The van der Waals surface area contributed by atoms with Crippen LogP contribution in [0.15, 0.2) is 41.8 Å². The van der Waals surface area contributed by atoms with Crippen LogP contribution >= 0.6 is 22.7 Å². The summed E-state index contributed by atoms with van der Waals surface area (Å²) in [4.78, 5) is 1.03. The number of benzene rings is 1. The normalized spacial score (nSPS) is 13.1. The lowest BCUT2D eigenvalue weighted by Gasteiger charge is -2.11. The monoisotopic (exact) mass is 260 g/mol. The number of hydrogen-bond acceptors (Lipinski definition) is 3. The molecule has 2 aromatic heterocycles. The lowest BCUT2D eigenvalue weighted by molar-refractivity contribution is 0.223. The van der Waals surface area contributed by atoms with Crippen molar-refractivity contribution in [1.29, 1.82) is 0 Å². The van der Waals surface area contributed by atoms with Crippen LogP contribution in [0.2, 0.25) is 0 Å². The van der Waals surface area contributed by atoms with Gasteiger partial charge in [0.05, 0.1) is 0 Å². The Morgan fingerprint density at radius 2 is 1.94 bits per heavy atom. The third kappa shape index (κ3) is 1.90. The van der Waals surface area contributed by atoms with E-state index in [9.17, 15) is 5.11 Å². The van der Waals surface area contributed by atoms with Crippen LogP contribution in [-0.2, 0) is 0 Å². The van der Waals surface area contributed by atoms with Crippen molar-refractivity contribution in [3.63, 3.8) is 0 Å². The van der Waals surface area contributed by atoms with Crippen molar-refractivity contribution < 1.29 is 5.11 Å². The van der Waals surface area contributed by atoms with E-state index in [0.717, 1.165) is 16.0 Å². The molecule has 0 saturated heterocycles. The highest BCUT2D eigenvalue weighted by Crippen LogP contribution is 2.36. The molecule has 0 aliphatic carbocycles. The highest BCUT2D eigenvalue weighted by molar-refractivity contribution is 7.26. The molecule has 3 heteroatoms. The van der Waals surface area contributed by atoms with Gasteiger partial charge in [-0.2, -0.15) is 0 Å². The van der Waals surface area contributed by atoms with Crippen LogP contribution in [0.3, 0.4) is 0 Å². The van der Waals surface area contributed by atoms with Gasteiger partial charge >= 0.3 is 0 Å². The van der Waals surface area contributed by atoms with Crippen molar-refractivity contribution >= 4 is 32.1 Å². The van der Waals surface area contributed by atoms with Gasteiger partial charge in [0.1, 0.15) is 6.10 Å². The molecule has 2 heterocycles. The lowest BCUT2D eigenvalue weighted by atomic mass is 10.0. The van der Waals surface area contributed by atoms with E-state index in [0.29, 0.717) is 0 Å². The van der Waals surface area contributed by atoms with E-state index in [1.54, 1.807) is 22.7 Å². The van der Waals surface area contributed by atoms with Gasteiger partial charge in [-0.25, -0.2) is 0 Å². The van der Waals surface area contributed by atoms with Crippen molar-refractivity contribution in [2.75, 3.05) is 0 Å². The fraction of sp³-hybridized carbons (Fsp3) is 0.143. The van der Waals surface area contributed by atoms with E-state index in [4.69, 9.17) is 0 Å². The molecular weight excluding hydrogens is 248 g/mol. The number of fused-ring (bicyclic) bond motifs is 1. The number of hydrogen-bond donors (Lipinski definition) is 1. The molecule has 3 aromatic rings. The molecule has 1 aromatic carbocycles. The quantitative estimate of drug-likeness (QED) is 0.726. The molecule has 0 amide bonds. The molecule has 1 N–H and O–H groups in total. The Bertz CT molecular complexity index is 622. The minimum atomic E-state index is -0.499. The van der Waals surface area contributed by atoms with E-state index in [1.807, 2.05) is 31.2 Å². The van der Waals surface area contributed by atoms with Gasteiger partial charge in [-0.1, -0.05) is 24.3 Å². The molecular formula is C14H12OS2. The Labute approximate surface area is 108 Å². The maximum absolute atomic E-state index is 10.4. The van der Waals surface area contributed by atoms with Crippen LogP contribution in [0.1, 0.15) is 22.1 Å². The molecule has 86 valence electrons. The molecule has 0 aliphatic heterocycles. The zero-order valence-electron chi connectivity index (χ0n) is 9.38. The maximum atomic E-state index is 10.4. The Hall–Kier alpha value is -1.16. The second-order valence-corrected chi connectivity index (χ2v) is 6.12. The summed E-state index contributed by atoms with van der Waals surface area (Å²) < 4.78 is 2.52. The summed E-state index contributed by atoms with van der Waals surface area (Å²) in [6, 6.07) is 12.2. The van der Waals surface area contributed by atoms with Gasteiger partial charge < -0.3 is 5.11 Å². The minimum Gasteiger partial charge on any atom is -0.383 e. The summed E-state index contributed by atoms with van der Waals surface area (Å²) in [5.74, 6) is 0. The summed E-state index contributed by atoms with van der Waals surface area (Å²) in [5.41, 5.74) is 2.14. The van der Waals surface area contributed by atoms with Crippen molar-refractivity contribution in [2.24, 2.45) is 0 Å². The highest BCUT2D eigenvalue weighted by atomic mass is 32.1. The second-order valence-electron chi connectivity index (χ2n) is 4.06. The third-order valence-corrected chi connectivity index (χ3v) is 5.06. The fourth-order valence-corrected chi connectivity index (χ4v) is 4.09. The average molecular weight is 260 g/mol. The zero-order chi connectivity index (χ0) is 11.8. The predicted octanol–water partition coefficient (Wildman–Crippen LogP) is 4.35. The van der Waals surface area contributed by atoms with Gasteiger partial charge in [-0.05, 0) is 35.6 Å². The summed E-state index contributed by atoms with van der Waals surface area (Å²) >= 11 is 3.40. The number of aliphatic hydroxyl groups is 1. The first-order chi connectivity index (χ1) is 8.25. The molecule has 0 aliphatic rings. The van der Waals surface area contributed by atoms with E-state index in [1.165, 1.54) is 9.40 Å². The van der Waals surface area contributed by atoms with Crippen molar-refractivity contribution in [3.8, 4) is 0 Å². The zero-order valence-corrected chi connectivity index (χ0v) is 11.0. The van der Waals surface area contributed by atoms with Crippen LogP contribution in [0.4, 0.5) is 0 Å². The summed E-state index contributed by atoms with van der Waals surface area (Å²) in [6.07, 6.45) is -0.499. The summed E-state index contributed by atoms with van der Waals surface area (Å²) in [7, 11) is 0. The van der Waals surface area contributed by atoms with Crippen LogP contribution in [0.5, 0.6) is 0 Å². The number of aryl methyl sites for hydroxylation is 1. The third-order valence-electron chi connectivity index (χ3n) is 2.91. The molecule has 1 unspecified atom stereocenters. The minimum absolute atomic E-state index is 0.499. The molecule has 0 radical (unpaired) electrons. The van der Waals surface area contributed by atoms with Gasteiger partial charge in [0.2, 0.25) is 0 Å². The predicted molar refractivity (Wildman–Crippen MR) is 74.9 cm³/mol. The van der Waals surface area contributed by atoms with Crippen molar-refractivity contribution in [1.82, 2.24) is 0 Å². The Morgan fingerprint density at radius 3 is 2.71 bits per heavy atom. The molecule has 0 fully saturated rings. The average Bonchev–Trinajstić information content (AvgIpc) is 2.88. The van der Waals surface area contributed by atoms with Crippen LogP contribution < -0.4 is 0 Å². The van der Waals surface area contributed by atoms with Crippen LogP contribution in [-0.4, -0.2) is 5.11 Å². The fourth-order valence-electron chi connectivity index (χ4n) is 1.97. The summed E-state index contributed by atoms with van der Waals surface area (Å²) in [5, 5.41) is 12.5. The van der Waals surface area contributed by atoms with Crippen LogP contribution in [0.25, 0.3) is 9.40 Å². The first-order valence-corrected chi connectivity index (χ1v) is 7.16. The van der Waals surface area contributed by atoms with Crippen LogP contribution in [0, 0.1) is 6.92 Å². The molecule has 1 nitrogen and oxygen atoms in total. The number of aliphatic hydroxyl groups excluding tert-OH is 1. The van der Waals surface area contributed by atoms with Gasteiger partial charge in [-0.3, -0.25) is 0 Å². The maximum Gasteiger partial charge on any atom is 0.114 e. The van der Waals surface area contributed by atoms with E-state index < -0.39 is 6.10 Å². The van der Waals surface area contributed by atoms with E-state index >= 15 is 0 Å². The lowest BCUT2D eigenvalue weighted by Crippen LogP contribution is -1.99. The van der Waals surface area contributed by atoms with Gasteiger partial charge in [-0.15, -0.1) is 22.7 Å². The standard InChI is InChI=1S/C14H12OS2/c1-9-4-2-3-5-10(9)14(15)13-8-12-11(17-13)6-7-16-12/h2-8,14-15H,1H3.